The SMILES string of the molecule is O=C(Nc1cc(Cl)c(CC(=O)N2C[C@@H](N3CCN(C4CC4)CC3)C[C@H]2COC2CCC(C(=O)O)CC2)cc1Cl)c1c[nH]c2c1C=CCC2. The van der Waals surface area contributed by atoms with Gasteiger partial charge < -0.3 is 25.0 Å². The molecule has 2 aromatic rings. The van der Waals surface area contributed by atoms with Crippen LogP contribution in [0.15, 0.2) is 24.4 Å². The minimum absolute atomic E-state index is 0.0162. The van der Waals surface area contributed by atoms with Gasteiger partial charge in [-0.3, -0.25) is 24.2 Å². The van der Waals surface area contributed by atoms with Crippen LogP contribution in [0.3, 0.4) is 0 Å². The summed E-state index contributed by atoms with van der Waals surface area (Å²) in [6, 6.07) is 4.26. The Morgan fingerprint density at radius 3 is 2.40 bits per heavy atom. The summed E-state index contributed by atoms with van der Waals surface area (Å²) in [5, 5.41) is 13.0. The van der Waals surface area contributed by atoms with Gasteiger partial charge in [-0.2, -0.15) is 0 Å². The number of carboxylic acids is 1. The van der Waals surface area contributed by atoms with Gasteiger partial charge in [0.05, 0.1) is 47.4 Å². The standard InChI is InChI=1S/C36H45Cl2N5O5/c37-30-18-33(40-35(45)29-19-39-32-4-2-1-3-28(29)32)31(38)15-23(30)16-34(44)43-20-25(42-13-11-41(12-14-42)24-7-8-24)17-26(43)21-48-27-9-5-22(6-10-27)36(46)47/h1,3,15,18-19,22,24-27,39H,2,4-14,16-17,20-21H2,(H,40,45)(H,46,47)/t22?,25-,26-,27?/m0/s1. The fourth-order valence-electron chi connectivity index (χ4n) is 8.02. The van der Waals surface area contributed by atoms with Gasteiger partial charge in [0, 0.05) is 67.3 Å². The van der Waals surface area contributed by atoms with Crippen molar-refractivity contribution in [2.24, 2.45) is 5.92 Å². The number of H-pyrrole nitrogens is 1. The van der Waals surface area contributed by atoms with E-state index in [1.165, 1.54) is 12.8 Å². The Morgan fingerprint density at radius 2 is 1.69 bits per heavy atom. The first-order valence-corrected chi connectivity index (χ1v) is 18.3. The van der Waals surface area contributed by atoms with Crippen molar-refractivity contribution >= 4 is 52.7 Å². The molecule has 0 spiro atoms. The predicted octanol–water partition coefficient (Wildman–Crippen LogP) is 5.49. The number of allylic oxidation sites excluding steroid dienone is 1. The first kappa shape index (κ1) is 33.6. The Bertz CT molecular complexity index is 1560. The summed E-state index contributed by atoms with van der Waals surface area (Å²) >= 11 is 13.4. The smallest absolute Gasteiger partial charge is 0.306 e. The van der Waals surface area contributed by atoms with Gasteiger partial charge in [0.1, 0.15) is 0 Å². The molecule has 0 bridgehead atoms. The van der Waals surface area contributed by atoms with Crippen LogP contribution in [0.25, 0.3) is 6.08 Å². The Hall–Kier alpha value is -2.89. The lowest BCUT2D eigenvalue weighted by atomic mass is 9.87. The Balaban J connectivity index is 1.01. The van der Waals surface area contributed by atoms with Crippen molar-refractivity contribution in [1.29, 1.82) is 0 Å². The molecule has 2 saturated heterocycles. The number of nitrogens with one attached hydrogen (secondary N) is 2. The number of carbonyl (C=O) groups excluding carboxylic acids is 2. The van der Waals surface area contributed by atoms with Gasteiger partial charge in [0.2, 0.25) is 5.91 Å². The molecule has 4 fully saturated rings. The number of piperazine rings is 1. The van der Waals surface area contributed by atoms with Crippen molar-refractivity contribution < 1.29 is 24.2 Å². The molecule has 48 heavy (non-hydrogen) atoms. The van der Waals surface area contributed by atoms with E-state index in [1.54, 1.807) is 18.3 Å². The number of hydrogen-bond donors (Lipinski definition) is 3. The van der Waals surface area contributed by atoms with E-state index >= 15 is 0 Å². The lowest BCUT2D eigenvalue weighted by Gasteiger charge is -2.38. The number of carboxylic acid groups (broad SMARTS) is 1. The van der Waals surface area contributed by atoms with Crippen molar-refractivity contribution in [2.75, 3.05) is 44.6 Å². The molecule has 258 valence electrons. The highest BCUT2D eigenvalue weighted by atomic mass is 35.5. The van der Waals surface area contributed by atoms with Gasteiger partial charge >= 0.3 is 5.97 Å². The number of halogens is 2. The van der Waals surface area contributed by atoms with Crippen molar-refractivity contribution in [1.82, 2.24) is 19.7 Å². The molecule has 2 atom stereocenters. The molecule has 2 amide bonds. The van der Waals surface area contributed by atoms with Crippen molar-refractivity contribution in [3.63, 3.8) is 0 Å². The van der Waals surface area contributed by atoms with E-state index in [0.29, 0.717) is 52.9 Å². The normalized spacial score (nSPS) is 26.4. The maximum absolute atomic E-state index is 14.0. The second-order valence-electron chi connectivity index (χ2n) is 14.1. The van der Waals surface area contributed by atoms with Gasteiger partial charge in [0.15, 0.2) is 0 Å². The number of aliphatic carboxylic acids is 1. The van der Waals surface area contributed by atoms with Crippen LogP contribution in [-0.2, 0) is 27.2 Å². The fourth-order valence-corrected chi connectivity index (χ4v) is 8.48. The Labute approximate surface area is 291 Å². The molecular formula is C36H45Cl2N5O5. The number of ether oxygens (including phenoxy) is 1. The number of aromatic nitrogens is 1. The van der Waals surface area contributed by atoms with Crippen LogP contribution in [0, 0.1) is 5.92 Å². The molecule has 3 heterocycles. The highest BCUT2D eigenvalue weighted by molar-refractivity contribution is 6.36. The van der Waals surface area contributed by atoms with Gasteiger partial charge in [-0.1, -0.05) is 35.4 Å². The number of aryl methyl sites for hydroxylation is 1. The first-order valence-electron chi connectivity index (χ1n) is 17.5. The first-order chi connectivity index (χ1) is 23.2. The molecule has 0 radical (unpaired) electrons. The molecule has 3 N–H and O–H groups in total. The van der Waals surface area contributed by atoms with Crippen LogP contribution >= 0.6 is 23.2 Å². The van der Waals surface area contributed by atoms with E-state index in [-0.39, 0.29) is 42.3 Å². The van der Waals surface area contributed by atoms with E-state index < -0.39 is 5.97 Å². The maximum Gasteiger partial charge on any atom is 0.306 e. The molecule has 7 rings (SSSR count). The van der Waals surface area contributed by atoms with Crippen molar-refractivity contribution in [3.8, 4) is 0 Å². The van der Waals surface area contributed by atoms with Crippen LogP contribution in [-0.4, -0.2) is 106 Å². The molecule has 0 unspecified atom stereocenters. The number of fused-ring (bicyclic) bond motifs is 1. The predicted molar refractivity (Wildman–Crippen MR) is 186 cm³/mol. The van der Waals surface area contributed by atoms with Crippen LogP contribution < -0.4 is 5.32 Å². The van der Waals surface area contributed by atoms with E-state index in [9.17, 15) is 19.5 Å². The van der Waals surface area contributed by atoms with Crippen LogP contribution in [0.1, 0.15) is 78.5 Å². The zero-order chi connectivity index (χ0) is 33.4. The summed E-state index contributed by atoms with van der Waals surface area (Å²) < 4.78 is 6.37. The number of likely N-dealkylation sites (tertiary alicyclic amines) is 1. The molecule has 12 heteroatoms. The molecule has 5 aliphatic rings. The number of nitrogens with zero attached hydrogens (tertiary/aromatic N) is 3. The summed E-state index contributed by atoms with van der Waals surface area (Å²) in [4.78, 5) is 48.9. The van der Waals surface area contributed by atoms with Crippen LogP contribution in [0.4, 0.5) is 5.69 Å². The second kappa shape index (κ2) is 14.5. The monoisotopic (exact) mass is 697 g/mol. The number of hydrogen-bond acceptors (Lipinski definition) is 6. The Morgan fingerprint density at radius 1 is 0.958 bits per heavy atom. The van der Waals surface area contributed by atoms with E-state index in [4.69, 9.17) is 27.9 Å². The van der Waals surface area contributed by atoms with Gasteiger partial charge in [0.25, 0.3) is 5.91 Å². The molecule has 10 nitrogen and oxygen atoms in total. The fraction of sp³-hybridized carbons (Fsp3) is 0.583. The minimum Gasteiger partial charge on any atom is -0.481 e. The van der Waals surface area contributed by atoms with Gasteiger partial charge in [-0.25, -0.2) is 0 Å². The lowest BCUT2D eigenvalue weighted by Crippen LogP contribution is -2.51. The zero-order valence-electron chi connectivity index (χ0n) is 27.3. The summed E-state index contributed by atoms with van der Waals surface area (Å²) in [5.41, 5.74) is 3.49. The number of anilines is 1. The molecule has 3 aliphatic carbocycles. The van der Waals surface area contributed by atoms with Gasteiger partial charge in [-0.15, -0.1) is 0 Å². The number of aromatic amines is 1. The van der Waals surface area contributed by atoms with E-state index in [0.717, 1.165) is 75.6 Å². The second-order valence-corrected chi connectivity index (χ2v) is 14.9. The van der Waals surface area contributed by atoms with E-state index in [2.05, 4.69) is 26.2 Å². The summed E-state index contributed by atoms with van der Waals surface area (Å²) in [6.07, 6.45) is 13.8. The highest BCUT2D eigenvalue weighted by Crippen LogP contribution is 2.34. The number of carbonyl (C=O) groups is 3. The summed E-state index contributed by atoms with van der Waals surface area (Å²) in [5.74, 6) is -1.32. The minimum atomic E-state index is -0.726. The average Bonchev–Trinajstić information content (AvgIpc) is 3.70. The third-order valence-electron chi connectivity index (χ3n) is 11.0. The van der Waals surface area contributed by atoms with Gasteiger partial charge in [-0.05, 0) is 75.5 Å². The molecular weight excluding hydrogens is 653 g/mol. The molecule has 2 aliphatic heterocycles. The maximum atomic E-state index is 14.0. The van der Waals surface area contributed by atoms with E-state index in [1.807, 2.05) is 11.0 Å². The lowest BCUT2D eigenvalue weighted by molar-refractivity contribution is -0.144. The molecule has 2 saturated carbocycles. The third kappa shape index (κ3) is 7.48. The van der Waals surface area contributed by atoms with Crippen molar-refractivity contribution in [3.05, 3.63) is 56.8 Å². The molecule has 1 aromatic heterocycles. The average molecular weight is 699 g/mol. The van der Waals surface area contributed by atoms with Crippen LogP contribution in [0.2, 0.25) is 10.0 Å². The summed E-state index contributed by atoms with van der Waals surface area (Å²) in [7, 11) is 0. The Kier molecular flexibility index (Phi) is 10.2. The number of rotatable bonds is 10. The number of amides is 2. The van der Waals surface area contributed by atoms with Crippen molar-refractivity contribution in [2.45, 2.75) is 88.4 Å². The quantitative estimate of drug-likeness (QED) is 0.301. The van der Waals surface area contributed by atoms with Crippen LogP contribution in [0.5, 0.6) is 0 Å². The zero-order valence-corrected chi connectivity index (χ0v) is 28.8. The number of benzene rings is 1. The third-order valence-corrected chi connectivity index (χ3v) is 11.7. The topological polar surface area (TPSA) is 118 Å². The largest absolute Gasteiger partial charge is 0.481 e. The summed E-state index contributed by atoms with van der Waals surface area (Å²) in [6.45, 7) is 5.23. The molecule has 1 aromatic carbocycles. The highest BCUT2D eigenvalue weighted by Gasteiger charge is 2.41.